The van der Waals surface area contributed by atoms with Crippen LogP contribution in [-0.2, 0) is 11.2 Å². The number of benzene rings is 1. The van der Waals surface area contributed by atoms with E-state index >= 15 is 0 Å². The molecular formula is C17H27N3O. The summed E-state index contributed by atoms with van der Waals surface area (Å²) in [6, 6.07) is 5.67. The van der Waals surface area contributed by atoms with Gasteiger partial charge in [0.2, 0.25) is 5.91 Å². The third-order valence-electron chi connectivity index (χ3n) is 4.41. The molecule has 0 spiro atoms. The number of hydrogen-bond donors (Lipinski definition) is 2. The maximum Gasteiger partial charge on any atom is 0.241 e. The number of carbonyl (C=O) groups excluding carboxylic acids is 1. The Bertz CT molecular complexity index is 501. The van der Waals surface area contributed by atoms with E-state index in [0.29, 0.717) is 5.92 Å². The monoisotopic (exact) mass is 289 g/mol. The Hall–Kier alpha value is -1.55. The lowest BCUT2D eigenvalue weighted by molar-refractivity contribution is -0.121. The molecule has 21 heavy (non-hydrogen) atoms. The number of rotatable bonds is 4. The second kappa shape index (κ2) is 6.94. The van der Waals surface area contributed by atoms with Crippen LogP contribution >= 0.6 is 0 Å². The number of nitrogens with two attached hydrogens (primary N) is 1. The fourth-order valence-corrected chi connectivity index (χ4v) is 2.98. The highest BCUT2D eigenvalue weighted by Crippen LogP contribution is 2.21. The summed E-state index contributed by atoms with van der Waals surface area (Å²) in [7, 11) is 0. The van der Waals surface area contributed by atoms with Crippen molar-refractivity contribution in [2.24, 2.45) is 5.92 Å². The molecule has 1 saturated heterocycles. The smallest absolute Gasteiger partial charge is 0.241 e. The number of likely N-dealkylation sites (tertiary alicyclic amines) is 1. The minimum atomic E-state index is -0.0974. The third kappa shape index (κ3) is 3.97. The molecule has 1 heterocycles. The predicted molar refractivity (Wildman–Crippen MR) is 88.3 cm³/mol. The minimum absolute atomic E-state index is 0.0488. The van der Waals surface area contributed by atoms with Gasteiger partial charge in [0.25, 0.3) is 0 Å². The average molecular weight is 289 g/mol. The number of carbonyl (C=O) groups is 1. The molecule has 2 rings (SSSR count). The maximum atomic E-state index is 12.4. The zero-order chi connectivity index (χ0) is 15.4. The van der Waals surface area contributed by atoms with Crippen LogP contribution in [0.1, 0.15) is 39.2 Å². The van der Waals surface area contributed by atoms with Gasteiger partial charge in [-0.1, -0.05) is 19.9 Å². The molecule has 0 saturated carbocycles. The van der Waals surface area contributed by atoms with E-state index in [9.17, 15) is 4.79 Å². The number of hydrogen-bond acceptors (Lipinski definition) is 3. The van der Waals surface area contributed by atoms with Gasteiger partial charge in [-0.05, 0) is 56.3 Å². The third-order valence-corrected chi connectivity index (χ3v) is 4.41. The number of nitrogen functional groups attached to an aromatic ring is 1. The summed E-state index contributed by atoms with van der Waals surface area (Å²) >= 11 is 0. The van der Waals surface area contributed by atoms with Crippen LogP contribution in [0.4, 0.5) is 11.4 Å². The first-order chi connectivity index (χ1) is 10.0. The van der Waals surface area contributed by atoms with Crippen molar-refractivity contribution < 1.29 is 4.79 Å². The molecule has 3 N–H and O–H groups in total. The Morgan fingerprint density at radius 2 is 2.29 bits per heavy atom. The van der Waals surface area contributed by atoms with E-state index in [1.165, 1.54) is 12.8 Å². The van der Waals surface area contributed by atoms with Gasteiger partial charge in [0.1, 0.15) is 0 Å². The van der Waals surface area contributed by atoms with Crippen molar-refractivity contribution in [3.05, 3.63) is 23.8 Å². The van der Waals surface area contributed by atoms with Crippen LogP contribution < -0.4 is 11.1 Å². The van der Waals surface area contributed by atoms with Crippen molar-refractivity contribution in [3.8, 4) is 0 Å². The lowest BCUT2D eigenvalue weighted by Gasteiger charge is -2.34. The molecule has 116 valence electrons. The van der Waals surface area contributed by atoms with Crippen LogP contribution in [0, 0.1) is 5.92 Å². The summed E-state index contributed by atoms with van der Waals surface area (Å²) in [4.78, 5) is 14.7. The summed E-state index contributed by atoms with van der Waals surface area (Å²) in [5.41, 5.74) is 8.63. The molecule has 1 aromatic carbocycles. The van der Waals surface area contributed by atoms with E-state index in [-0.39, 0.29) is 11.9 Å². The summed E-state index contributed by atoms with van der Waals surface area (Å²) in [5.74, 6) is 0.723. The van der Waals surface area contributed by atoms with Gasteiger partial charge in [0, 0.05) is 17.9 Å². The van der Waals surface area contributed by atoms with Crippen molar-refractivity contribution in [1.29, 1.82) is 0 Å². The molecule has 1 aliphatic heterocycles. The van der Waals surface area contributed by atoms with Gasteiger partial charge < -0.3 is 11.1 Å². The summed E-state index contributed by atoms with van der Waals surface area (Å²) in [6.45, 7) is 8.32. The predicted octanol–water partition coefficient (Wildman–Crippen LogP) is 2.89. The Morgan fingerprint density at radius 3 is 2.90 bits per heavy atom. The molecule has 2 unspecified atom stereocenters. The number of piperidine rings is 1. The van der Waals surface area contributed by atoms with Crippen LogP contribution in [-0.4, -0.2) is 29.9 Å². The van der Waals surface area contributed by atoms with E-state index in [2.05, 4.69) is 24.1 Å². The van der Waals surface area contributed by atoms with Gasteiger partial charge in [0.05, 0.1) is 6.04 Å². The molecule has 4 nitrogen and oxygen atoms in total. The van der Waals surface area contributed by atoms with Crippen LogP contribution in [0.3, 0.4) is 0 Å². The first-order valence-corrected chi connectivity index (χ1v) is 7.94. The highest BCUT2D eigenvalue weighted by atomic mass is 16.2. The molecule has 0 aliphatic carbocycles. The molecule has 1 aromatic rings. The Morgan fingerprint density at radius 1 is 1.52 bits per heavy atom. The number of nitrogens with zero attached hydrogens (tertiary/aromatic N) is 1. The Labute approximate surface area is 127 Å². The topological polar surface area (TPSA) is 58.4 Å². The second-order valence-corrected chi connectivity index (χ2v) is 6.17. The highest BCUT2D eigenvalue weighted by molar-refractivity contribution is 5.95. The molecular weight excluding hydrogens is 262 g/mol. The molecule has 1 aliphatic rings. The molecule has 2 atom stereocenters. The van der Waals surface area contributed by atoms with Gasteiger partial charge in [-0.3, -0.25) is 9.69 Å². The number of anilines is 2. The number of nitrogens with one attached hydrogen (secondary N) is 1. The van der Waals surface area contributed by atoms with E-state index in [1.807, 2.05) is 25.1 Å². The van der Waals surface area contributed by atoms with Gasteiger partial charge in [0.15, 0.2) is 0 Å². The summed E-state index contributed by atoms with van der Waals surface area (Å²) in [5, 5.41) is 2.99. The van der Waals surface area contributed by atoms with Crippen molar-refractivity contribution >= 4 is 17.3 Å². The molecule has 4 heteroatoms. The lowest BCUT2D eigenvalue weighted by atomic mass is 9.99. The minimum Gasteiger partial charge on any atom is -0.398 e. The highest BCUT2D eigenvalue weighted by Gasteiger charge is 2.25. The quantitative estimate of drug-likeness (QED) is 0.838. The van der Waals surface area contributed by atoms with Gasteiger partial charge >= 0.3 is 0 Å². The molecule has 1 fully saturated rings. The summed E-state index contributed by atoms with van der Waals surface area (Å²) < 4.78 is 0. The first kappa shape index (κ1) is 15.8. The van der Waals surface area contributed by atoms with Crippen molar-refractivity contribution in [2.75, 3.05) is 24.1 Å². The summed E-state index contributed by atoms with van der Waals surface area (Å²) in [6.07, 6.45) is 3.35. The fourth-order valence-electron chi connectivity index (χ4n) is 2.98. The standard InChI is InChI=1S/C17H27N3O/c1-4-14-7-8-15(10-16(14)18)19-17(21)13(3)20-9-5-6-12(2)11-20/h7-8,10,12-13H,4-6,9,11,18H2,1-3H3,(H,19,21). The van der Waals surface area contributed by atoms with Crippen molar-refractivity contribution in [1.82, 2.24) is 4.90 Å². The zero-order valence-electron chi connectivity index (χ0n) is 13.4. The van der Waals surface area contributed by atoms with E-state index in [1.54, 1.807) is 0 Å². The lowest BCUT2D eigenvalue weighted by Crippen LogP contribution is -2.46. The average Bonchev–Trinajstić information content (AvgIpc) is 2.46. The Balaban J connectivity index is 1.98. The van der Waals surface area contributed by atoms with Gasteiger partial charge in [-0.15, -0.1) is 0 Å². The van der Waals surface area contributed by atoms with E-state index in [0.717, 1.165) is 36.4 Å². The normalized spacial score (nSPS) is 21.0. The van der Waals surface area contributed by atoms with Crippen LogP contribution in [0.2, 0.25) is 0 Å². The SMILES string of the molecule is CCc1ccc(NC(=O)C(C)N2CCCC(C)C2)cc1N. The van der Waals surface area contributed by atoms with Crippen molar-refractivity contribution in [2.45, 2.75) is 46.1 Å². The van der Waals surface area contributed by atoms with Crippen LogP contribution in [0.25, 0.3) is 0 Å². The van der Waals surface area contributed by atoms with Gasteiger partial charge in [-0.2, -0.15) is 0 Å². The largest absolute Gasteiger partial charge is 0.398 e. The van der Waals surface area contributed by atoms with E-state index < -0.39 is 0 Å². The number of aryl methyl sites for hydroxylation is 1. The zero-order valence-corrected chi connectivity index (χ0v) is 13.4. The number of amides is 1. The molecule has 1 amide bonds. The van der Waals surface area contributed by atoms with Gasteiger partial charge in [-0.25, -0.2) is 0 Å². The molecule has 0 radical (unpaired) electrons. The molecule has 0 bridgehead atoms. The van der Waals surface area contributed by atoms with E-state index in [4.69, 9.17) is 5.73 Å². The second-order valence-electron chi connectivity index (χ2n) is 6.17. The van der Waals surface area contributed by atoms with Crippen LogP contribution in [0.15, 0.2) is 18.2 Å². The maximum absolute atomic E-state index is 12.4. The molecule has 0 aromatic heterocycles. The van der Waals surface area contributed by atoms with Crippen LogP contribution in [0.5, 0.6) is 0 Å². The van der Waals surface area contributed by atoms with Crippen molar-refractivity contribution in [3.63, 3.8) is 0 Å². The first-order valence-electron chi connectivity index (χ1n) is 7.94. The Kier molecular flexibility index (Phi) is 5.23. The fraction of sp³-hybridized carbons (Fsp3) is 0.588.